The Morgan fingerprint density at radius 2 is 0.458 bits per heavy atom. The first-order valence-electron chi connectivity index (χ1n) is 32.6. The number of rotatable bonds is 56. The van der Waals surface area contributed by atoms with Gasteiger partial charge in [0.2, 0.25) is 0 Å². The van der Waals surface area contributed by atoms with Crippen LogP contribution in [0.5, 0.6) is 0 Å². The van der Waals surface area contributed by atoms with Crippen molar-refractivity contribution in [3.05, 3.63) is 207 Å². The number of ether oxygens (including phenoxy) is 3. The van der Waals surface area contributed by atoms with Gasteiger partial charge in [0, 0.05) is 19.3 Å². The first-order chi connectivity index (χ1) is 41.0. The fourth-order valence-corrected chi connectivity index (χ4v) is 8.03. The van der Waals surface area contributed by atoms with Gasteiger partial charge in [0.1, 0.15) is 13.2 Å². The molecule has 0 fully saturated rings. The Labute approximate surface area is 509 Å². The van der Waals surface area contributed by atoms with Gasteiger partial charge in [-0.2, -0.15) is 0 Å². The Morgan fingerprint density at radius 3 is 0.771 bits per heavy atom. The number of allylic oxidation sites excluding steroid dienone is 34. The second kappa shape index (κ2) is 68.5. The van der Waals surface area contributed by atoms with Crippen molar-refractivity contribution in [1.29, 1.82) is 0 Å². The summed E-state index contributed by atoms with van der Waals surface area (Å²) in [5.41, 5.74) is 0. The van der Waals surface area contributed by atoms with E-state index >= 15 is 0 Å². The first-order valence-corrected chi connectivity index (χ1v) is 32.6. The normalized spacial score (nSPS) is 13.5. The first kappa shape index (κ1) is 77.0. The van der Waals surface area contributed by atoms with Crippen molar-refractivity contribution < 1.29 is 28.6 Å². The zero-order valence-corrected chi connectivity index (χ0v) is 52.6. The van der Waals surface area contributed by atoms with Crippen LogP contribution in [0.15, 0.2) is 207 Å². The van der Waals surface area contributed by atoms with Gasteiger partial charge in [-0.05, 0) is 154 Å². The average molecular weight is 1140 g/mol. The Kier molecular flexibility index (Phi) is 63.5. The molecule has 0 heterocycles. The number of esters is 3. The highest BCUT2D eigenvalue weighted by Gasteiger charge is 2.19. The largest absolute Gasteiger partial charge is 0.462 e. The summed E-state index contributed by atoms with van der Waals surface area (Å²) in [4.78, 5) is 38.4. The van der Waals surface area contributed by atoms with Crippen LogP contribution >= 0.6 is 0 Å². The van der Waals surface area contributed by atoms with Crippen molar-refractivity contribution in [2.45, 2.75) is 245 Å². The third-order valence-electron chi connectivity index (χ3n) is 12.8. The van der Waals surface area contributed by atoms with E-state index in [1.165, 1.54) is 38.5 Å². The quantitative estimate of drug-likeness (QED) is 0.0261. The topological polar surface area (TPSA) is 78.9 Å². The van der Waals surface area contributed by atoms with Crippen molar-refractivity contribution in [1.82, 2.24) is 0 Å². The van der Waals surface area contributed by atoms with E-state index in [1.807, 2.05) is 12.2 Å². The number of carbonyl (C=O) groups excluding carboxylic acids is 3. The average Bonchev–Trinajstić information content (AvgIpc) is 3.50. The molecule has 0 saturated heterocycles. The fraction of sp³-hybridized carbons (Fsp3) is 0.519. The Bertz CT molecular complexity index is 2030. The van der Waals surface area contributed by atoms with E-state index < -0.39 is 6.10 Å². The van der Waals surface area contributed by atoms with Crippen molar-refractivity contribution in [2.75, 3.05) is 13.2 Å². The van der Waals surface area contributed by atoms with Crippen LogP contribution in [-0.2, 0) is 28.6 Å². The molecule has 0 aliphatic carbocycles. The molecule has 1 atom stereocenters. The van der Waals surface area contributed by atoms with Crippen LogP contribution in [0.3, 0.4) is 0 Å². The van der Waals surface area contributed by atoms with E-state index in [9.17, 15) is 14.4 Å². The van der Waals surface area contributed by atoms with Gasteiger partial charge in [0.25, 0.3) is 0 Å². The lowest BCUT2D eigenvalue weighted by molar-refractivity contribution is -0.166. The van der Waals surface area contributed by atoms with Gasteiger partial charge in [0.15, 0.2) is 6.10 Å². The summed E-state index contributed by atoms with van der Waals surface area (Å²) in [7, 11) is 0. The molecule has 0 N–H and O–H groups in total. The Morgan fingerprint density at radius 1 is 0.241 bits per heavy atom. The molecule has 0 aromatic heterocycles. The number of hydrogen-bond donors (Lipinski definition) is 0. The zero-order chi connectivity index (χ0) is 59.9. The molecule has 6 heteroatoms. The molecule has 6 nitrogen and oxygen atoms in total. The maximum absolute atomic E-state index is 12.9. The second-order valence-electron chi connectivity index (χ2n) is 20.5. The lowest BCUT2D eigenvalue weighted by atomic mass is 10.1. The molecule has 83 heavy (non-hydrogen) atoms. The van der Waals surface area contributed by atoms with Crippen LogP contribution in [0, 0.1) is 0 Å². The molecule has 0 aromatic rings. The summed E-state index contributed by atoms with van der Waals surface area (Å²) in [6, 6.07) is 0. The van der Waals surface area contributed by atoms with E-state index in [0.717, 1.165) is 148 Å². The van der Waals surface area contributed by atoms with Crippen molar-refractivity contribution >= 4 is 17.9 Å². The van der Waals surface area contributed by atoms with Gasteiger partial charge < -0.3 is 14.2 Å². The van der Waals surface area contributed by atoms with Gasteiger partial charge in [-0.25, -0.2) is 0 Å². The predicted octanol–water partition coefficient (Wildman–Crippen LogP) is 22.8. The fourth-order valence-electron chi connectivity index (χ4n) is 8.03. The SMILES string of the molecule is CC/C=C\C/C=C\C/C=C\C/C=C\C/C=C\C/C=C\CCCCC(=O)OC(COC(=O)CC/C=C\C/C=C\C/C=C\C/C=C\C/C=C\C/C=C\CC)COC(=O)CCCCCCCCCCC/C=C\C/C=C\C/C=C\C/C=C\C/C=C\CC. The van der Waals surface area contributed by atoms with Crippen LogP contribution in [0.4, 0.5) is 0 Å². The minimum atomic E-state index is -0.850. The molecule has 0 spiro atoms. The van der Waals surface area contributed by atoms with Crippen molar-refractivity contribution in [2.24, 2.45) is 0 Å². The molecule has 0 bridgehead atoms. The van der Waals surface area contributed by atoms with E-state index in [4.69, 9.17) is 14.2 Å². The lowest BCUT2D eigenvalue weighted by Crippen LogP contribution is -2.30. The molecule has 0 aliphatic rings. The van der Waals surface area contributed by atoms with Crippen molar-refractivity contribution in [3.8, 4) is 0 Å². The summed E-state index contributed by atoms with van der Waals surface area (Å²) in [6.45, 7) is 6.18. The highest BCUT2D eigenvalue weighted by atomic mass is 16.6. The van der Waals surface area contributed by atoms with Gasteiger partial charge in [-0.1, -0.05) is 272 Å². The van der Waals surface area contributed by atoms with Crippen molar-refractivity contribution in [3.63, 3.8) is 0 Å². The smallest absolute Gasteiger partial charge is 0.306 e. The summed E-state index contributed by atoms with van der Waals surface area (Å²) < 4.78 is 16.8. The van der Waals surface area contributed by atoms with Crippen LogP contribution in [0.25, 0.3) is 0 Å². The Hall–Kier alpha value is -6.01. The minimum Gasteiger partial charge on any atom is -0.462 e. The van der Waals surface area contributed by atoms with Gasteiger partial charge in [-0.15, -0.1) is 0 Å². The van der Waals surface area contributed by atoms with Crippen LogP contribution in [-0.4, -0.2) is 37.2 Å². The van der Waals surface area contributed by atoms with E-state index in [2.05, 4.69) is 215 Å². The van der Waals surface area contributed by atoms with Gasteiger partial charge >= 0.3 is 17.9 Å². The van der Waals surface area contributed by atoms with Crippen LogP contribution < -0.4 is 0 Å². The number of unbranched alkanes of at least 4 members (excludes halogenated alkanes) is 11. The number of carbonyl (C=O) groups is 3. The second-order valence-corrected chi connectivity index (χ2v) is 20.5. The molecule has 0 aromatic carbocycles. The standard InChI is InChI=1S/C77H116O6/c1-4-7-10-13-16-19-22-25-28-31-34-36-37-38-39-41-43-46-49-52-55-58-61-64-67-70-76(79)82-73-74(72-81-75(78)69-66-63-60-57-54-51-48-45-42-33-30-27-24-21-18-15-12-9-6-3)83-77(80)71-68-65-62-59-56-53-50-47-44-40-35-32-29-26-23-20-17-14-11-8-5-2/h7-12,16-21,25-30,34-36,38-40,42,45,47,50-51,54,56,59-60,63,74H,4-6,13-15,22-24,31-33,37,41,43-44,46,48-49,52-53,55,57-58,61-62,64-73H2,1-3H3/b10-7-,11-8-,12-9-,19-16-,20-17-,21-18-,28-25-,29-26-,30-27-,36-34-,39-38-,40-35-,45-42-,50-47-,54-51-,59-56-,63-60-. The maximum atomic E-state index is 12.9. The predicted molar refractivity (Wildman–Crippen MR) is 361 cm³/mol. The lowest BCUT2D eigenvalue weighted by Gasteiger charge is -2.18. The highest BCUT2D eigenvalue weighted by Crippen LogP contribution is 2.13. The molecule has 0 amide bonds. The van der Waals surface area contributed by atoms with Gasteiger partial charge in [-0.3, -0.25) is 14.4 Å². The molecule has 0 rings (SSSR count). The van der Waals surface area contributed by atoms with Gasteiger partial charge in [0.05, 0.1) is 0 Å². The minimum absolute atomic E-state index is 0.134. The van der Waals surface area contributed by atoms with E-state index in [0.29, 0.717) is 19.3 Å². The summed E-state index contributed by atoms with van der Waals surface area (Å²) in [5, 5.41) is 0. The van der Waals surface area contributed by atoms with E-state index in [1.54, 1.807) is 0 Å². The zero-order valence-electron chi connectivity index (χ0n) is 52.6. The summed E-state index contributed by atoms with van der Waals surface area (Å²) in [5.74, 6) is -1.08. The molecule has 0 radical (unpaired) electrons. The monoisotopic (exact) mass is 1140 g/mol. The molecule has 1 unspecified atom stereocenters. The number of hydrogen-bond acceptors (Lipinski definition) is 6. The third kappa shape index (κ3) is 66.7. The third-order valence-corrected chi connectivity index (χ3v) is 12.8. The molecule has 0 saturated carbocycles. The molecule has 460 valence electrons. The Balaban J connectivity index is 4.60. The molecular weight excluding hydrogens is 1020 g/mol. The molecular formula is C77H116O6. The van der Waals surface area contributed by atoms with Crippen LogP contribution in [0.2, 0.25) is 0 Å². The maximum Gasteiger partial charge on any atom is 0.306 e. The van der Waals surface area contributed by atoms with Crippen LogP contribution in [0.1, 0.15) is 239 Å². The summed E-state index contributed by atoms with van der Waals surface area (Å²) in [6.07, 6.45) is 106. The summed E-state index contributed by atoms with van der Waals surface area (Å²) >= 11 is 0. The molecule has 0 aliphatic heterocycles. The van der Waals surface area contributed by atoms with E-state index in [-0.39, 0.29) is 44.0 Å². The highest BCUT2D eigenvalue weighted by molar-refractivity contribution is 5.71.